The van der Waals surface area contributed by atoms with Crippen LogP contribution in [-0.2, 0) is 4.52 Å². The number of benzene rings is 1. The van der Waals surface area contributed by atoms with Crippen LogP contribution in [0.1, 0.15) is 5.76 Å². The molecule has 1 atom stereocenters. The third-order valence-electron chi connectivity index (χ3n) is 2.79. The monoisotopic (exact) mass is 338 g/mol. The Bertz CT molecular complexity index is 626. The molecular weight excluding hydrogens is 327 g/mol. The fourth-order valence-corrected chi connectivity index (χ4v) is 3.96. The lowest BCUT2D eigenvalue weighted by atomic mass is 10.2. The van der Waals surface area contributed by atoms with Crippen molar-refractivity contribution in [3.05, 3.63) is 42.4 Å². The van der Waals surface area contributed by atoms with Crippen LogP contribution in [0.25, 0.3) is 0 Å². The van der Waals surface area contributed by atoms with E-state index in [1.165, 1.54) is 0 Å². The molecule has 1 unspecified atom stereocenters. The summed E-state index contributed by atoms with van der Waals surface area (Å²) in [4.78, 5) is 6.59. The van der Waals surface area contributed by atoms with Crippen molar-refractivity contribution in [1.29, 1.82) is 0 Å². The number of halogens is 1. The van der Waals surface area contributed by atoms with Gasteiger partial charge in [0.15, 0.2) is 12.6 Å². The third kappa shape index (κ3) is 2.40. The van der Waals surface area contributed by atoms with Gasteiger partial charge in [-0.25, -0.2) is 4.99 Å². The van der Waals surface area contributed by atoms with Crippen molar-refractivity contribution in [2.24, 2.45) is 4.99 Å². The second-order valence-corrected chi connectivity index (χ2v) is 7.38. The number of aliphatic imine (C=N–C) groups is 1. The van der Waals surface area contributed by atoms with Gasteiger partial charge in [-0.2, -0.15) is 0 Å². The van der Waals surface area contributed by atoms with Crippen LogP contribution in [0.3, 0.4) is 0 Å². The first-order valence-electron chi connectivity index (χ1n) is 5.73. The lowest BCUT2D eigenvalue weighted by molar-refractivity contribution is 0.522. The van der Waals surface area contributed by atoms with Gasteiger partial charge in [0.25, 0.3) is 5.90 Å². The zero-order valence-corrected chi connectivity index (χ0v) is 13.0. The number of anilines is 1. The zero-order chi connectivity index (χ0) is 13.4. The summed E-state index contributed by atoms with van der Waals surface area (Å²) in [7, 11) is 4.02. The number of hydrogen-bond donors (Lipinski definition) is 0. The molecule has 2 heterocycles. The average Bonchev–Trinajstić information content (AvgIpc) is 2.91. The van der Waals surface area contributed by atoms with Crippen LogP contribution in [0.5, 0.6) is 0 Å². The molecule has 6 heteroatoms. The molecule has 2 aromatic rings. The minimum absolute atomic E-state index is 0.524. The van der Waals surface area contributed by atoms with Crippen molar-refractivity contribution in [3.8, 4) is 0 Å². The van der Waals surface area contributed by atoms with Gasteiger partial charge in [0.2, 0.25) is 0 Å². The number of rotatable bonds is 2. The summed E-state index contributed by atoms with van der Waals surface area (Å²) in [5.41, 5.74) is 2.03. The van der Waals surface area contributed by atoms with Gasteiger partial charge >= 0.3 is 0 Å². The molecule has 0 fully saturated rings. The van der Waals surface area contributed by atoms with Gasteiger partial charge < -0.3 is 13.8 Å². The summed E-state index contributed by atoms with van der Waals surface area (Å²) in [5.74, 6) is 1.17. The fraction of sp³-hybridized carbons (Fsp3) is 0.154. The quantitative estimate of drug-likeness (QED) is 0.782. The van der Waals surface area contributed by atoms with Gasteiger partial charge in [0.05, 0.1) is 17.3 Å². The highest BCUT2D eigenvalue weighted by Gasteiger charge is 2.25. The van der Waals surface area contributed by atoms with E-state index in [9.17, 15) is 0 Å². The van der Waals surface area contributed by atoms with E-state index in [-0.39, 0.29) is 0 Å². The molecule has 1 aliphatic rings. The molecule has 19 heavy (non-hydrogen) atoms. The van der Waals surface area contributed by atoms with E-state index < -0.39 is 6.85 Å². The number of furan rings is 1. The predicted molar refractivity (Wildman–Crippen MR) is 82.2 cm³/mol. The average molecular weight is 339 g/mol. The Morgan fingerprint density at radius 3 is 2.79 bits per heavy atom. The second-order valence-electron chi connectivity index (χ2n) is 4.30. The summed E-state index contributed by atoms with van der Waals surface area (Å²) < 4.78 is 11.1. The summed E-state index contributed by atoms with van der Waals surface area (Å²) >= 11 is 3.58. The molecule has 0 bridgehead atoms. The molecule has 3 rings (SSSR count). The van der Waals surface area contributed by atoms with Crippen molar-refractivity contribution in [2.45, 2.75) is 0 Å². The normalized spacial score (nSPS) is 17.4. The van der Waals surface area contributed by atoms with E-state index in [0.717, 1.165) is 16.7 Å². The molecule has 0 aliphatic carbocycles. The van der Waals surface area contributed by atoms with Crippen LogP contribution in [0.15, 0.2) is 46.0 Å². The van der Waals surface area contributed by atoms with Crippen LogP contribution < -0.4 is 10.2 Å². The second kappa shape index (κ2) is 4.99. The van der Waals surface area contributed by atoms with Gasteiger partial charge in [-0.15, -0.1) is 0 Å². The Labute approximate surface area is 120 Å². The molecule has 1 aromatic heterocycles. The maximum atomic E-state index is 5.78. The van der Waals surface area contributed by atoms with Crippen LogP contribution in [-0.4, -0.2) is 20.0 Å². The van der Waals surface area contributed by atoms with Crippen LogP contribution >= 0.6 is 22.3 Å². The van der Waals surface area contributed by atoms with Crippen molar-refractivity contribution in [3.63, 3.8) is 0 Å². The minimum atomic E-state index is -0.880. The molecule has 0 N–H and O–H groups in total. The Morgan fingerprint density at radius 2 is 2.11 bits per heavy atom. The first-order valence-corrected chi connectivity index (χ1v) is 9.01. The predicted octanol–water partition coefficient (Wildman–Crippen LogP) is 3.79. The SMILES string of the molecule is CN(C)c1ccc2c(c1)N=C(c1ccco1)OP2Br. The standard InChI is InChI=1S/C13H12BrN2O2P/c1-16(2)9-5-6-12-10(8-9)15-13(18-19(12)14)11-4-3-7-17-11/h3-8H,1-2H3. The topological polar surface area (TPSA) is 38.0 Å². The van der Waals surface area contributed by atoms with Gasteiger partial charge in [-0.05, 0) is 45.8 Å². The zero-order valence-electron chi connectivity index (χ0n) is 10.5. The molecule has 0 saturated carbocycles. The first-order chi connectivity index (χ1) is 9.15. The summed E-state index contributed by atoms with van der Waals surface area (Å²) in [6.07, 6.45) is 1.61. The molecular formula is C13H12BrN2O2P. The van der Waals surface area contributed by atoms with Crippen molar-refractivity contribution >= 4 is 44.9 Å². The largest absolute Gasteiger partial charge is 0.459 e. The molecule has 0 saturated heterocycles. The minimum Gasteiger partial charge on any atom is -0.459 e. The maximum Gasteiger partial charge on any atom is 0.262 e. The molecule has 1 aliphatic heterocycles. The van der Waals surface area contributed by atoms with Gasteiger partial charge in [0.1, 0.15) is 0 Å². The lowest BCUT2D eigenvalue weighted by Crippen LogP contribution is -2.15. The first kappa shape index (κ1) is 12.7. The van der Waals surface area contributed by atoms with E-state index in [2.05, 4.69) is 32.6 Å². The van der Waals surface area contributed by atoms with E-state index in [0.29, 0.717) is 11.7 Å². The van der Waals surface area contributed by atoms with Crippen molar-refractivity contribution in [2.75, 3.05) is 19.0 Å². The van der Waals surface area contributed by atoms with Crippen molar-refractivity contribution < 1.29 is 8.94 Å². The Kier molecular flexibility index (Phi) is 3.33. The maximum absolute atomic E-state index is 5.78. The van der Waals surface area contributed by atoms with Crippen LogP contribution in [0.4, 0.5) is 11.4 Å². The highest BCUT2D eigenvalue weighted by Crippen LogP contribution is 2.50. The number of fused-ring (bicyclic) bond motifs is 1. The molecule has 4 nitrogen and oxygen atoms in total. The third-order valence-corrected chi connectivity index (χ3v) is 5.46. The number of nitrogens with zero attached hydrogens (tertiary/aromatic N) is 2. The summed E-state index contributed by atoms with van der Waals surface area (Å²) in [6, 6.07) is 9.83. The summed E-state index contributed by atoms with van der Waals surface area (Å²) in [6.45, 7) is -0.880. The van der Waals surface area contributed by atoms with E-state index in [1.807, 2.05) is 37.2 Å². The summed E-state index contributed by atoms with van der Waals surface area (Å²) in [5, 5.41) is 1.08. The Hall–Kier alpha value is -1.32. The van der Waals surface area contributed by atoms with Gasteiger partial charge in [-0.1, -0.05) is 0 Å². The van der Waals surface area contributed by atoms with Gasteiger partial charge in [-0.3, -0.25) is 0 Å². The van der Waals surface area contributed by atoms with E-state index >= 15 is 0 Å². The molecule has 98 valence electrons. The molecule has 0 amide bonds. The smallest absolute Gasteiger partial charge is 0.262 e. The molecule has 1 aromatic carbocycles. The highest BCUT2D eigenvalue weighted by molar-refractivity contribution is 9.39. The van der Waals surface area contributed by atoms with Gasteiger partial charge in [0, 0.05) is 19.8 Å². The van der Waals surface area contributed by atoms with Crippen LogP contribution in [0, 0.1) is 0 Å². The van der Waals surface area contributed by atoms with E-state index in [4.69, 9.17) is 8.94 Å². The number of hydrogen-bond acceptors (Lipinski definition) is 4. The Morgan fingerprint density at radius 1 is 1.26 bits per heavy atom. The highest BCUT2D eigenvalue weighted by atomic mass is 79.9. The van der Waals surface area contributed by atoms with E-state index in [1.54, 1.807) is 6.26 Å². The molecule has 0 radical (unpaired) electrons. The lowest BCUT2D eigenvalue weighted by Gasteiger charge is -2.22. The van der Waals surface area contributed by atoms with Crippen LogP contribution in [0.2, 0.25) is 0 Å². The molecule has 0 spiro atoms. The fourth-order valence-electron chi connectivity index (χ4n) is 1.78. The Balaban J connectivity index is 2.07. The van der Waals surface area contributed by atoms with Crippen molar-refractivity contribution in [1.82, 2.24) is 0 Å².